The first-order chi connectivity index (χ1) is 9.26. The summed E-state index contributed by atoms with van der Waals surface area (Å²) in [5, 5.41) is 1.79. The van der Waals surface area contributed by atoms with Gasteiger partial charge in [-0.3, -0.25) is 0 Å². The molecular formula is C14H19ClN2OS. The highest BCUT2D eigenvalue weighted by Gasteiger charge is 2.10. The van der Waals surface area contributed by atoms with Crippen molar-refractivity contribution < 1.29 is 4.74 Å². The van der Waals surface area contributed by atoms with Crippen LogP contribution in [-0.2, 0) is 11.3 Å². The van der Waals surface area contributed by atoms with Crippen LogP contribution in [0.4, 0.5) is 0 Å². The molecule has 0 saturated heterocycles. The van der Waals surface area contributed by atoms with Gasteiger partial charge in [-0.2, -0.15) is 0 Å². The van der Waals surface area contributed by atoms with Crippen LogP contribution in [0.25, 0.3) is 11.0 Å². The van der Waals surface area contributed by atoms with Crippen LogP contribution < -0.4 is 0 Å². The fourth-order valence-corrected chi connectivity index (χ4v) is 3.03. The van der Waals surface area contributed by atoms with Gasteiger partial charge in [0.2, 0.25) is 0 Å². The second-order valence-electron chi connectivity index (χ2n) is 4.22. The van der Waals surface area contributed by atoms with Crippen molar-refractivity contribution in [3.05, 3.63) is 23.2 Å². The van der Waals surface area contributed by atoms with Gasteiger partial charge in [0.1, 0.15) is 0 Å². The molecule has 0 saturated carbocycles. The van der Waals surface area contributed by atoms with Gasteiger partial charge in [-0.1, -0.05) is 30.3 Å². The molecular weight excluding hydrogens is 280 g/mol. The van der Waals surface area contributed by atoms with Crippen LogP contribution in [0.3, 0.4) is 0 Å². The van der Waals surface area contributed by atoms with E-state index in [0.717, 1.165) is 53.1 Å². The number of halogens is 1. The van der Waals surface area contributed by atoms with Gasteiger partial charge in [0.25, 0.3) is 0 Å². The Balaban J connectivity index is 2.22. The number of fused-ring (bicyclic) bond motifs is 1. The normalized spacial score (nSPS) is 11.3. The van der Waals surface area contributed by atoms with Gasteiger partial charge < -0.3 is 9.30 Å². The molecule has 1 heterocycles. The minimum absolute atomic E-state index is 0.736. The Morgan fingerprint density at radius 1 is 1.37 bits per heavy atom. The van der Waals surface area contributed by atoms with Crippen molar-refractivity contribution in [2.24, 2.45) is 0 Å². The van der Waals surface area contributed by atoms with Crippen molar-refractivity contribution >= 4 is 34.4 Å². The lowest BCUT2D eigenvalue weighted by Gasteiger charge is -2.07. The fourth-order valence-electron chi connectivity index (χ4n) is 1.97. The summed E-state index contributed by atoms with van der Waals surface area (Å²) in [6, 6.07) is 5.90. The summed E-state index contributed by atoms with van der Waals surface area (Å²) in [7, 11) is 0. The number of imidazole rings is 1. The van der Waals surface area contributed by atoms with Gasteiger partial charge >= 0.3 is 0 Å². The Hall–Kier alpha value is -0.710. The minimum atomic E-state index is 0.736. The summed E-state index contributed by atoms with van der Waals surface area (Å²) in [5.41, 5.74) is 2.13. The van der Waals surface area contributed by atoms with Crippen molar-refractivity contribution in [1.29, 1.82) is 0 Å². The first-order valence-corrected chi connectivity index (χ1v) is 7.99. The maximum absolute atomic E-state index is 6.03. The van der Waals surface area contributed by atoms with E-state index in [9.17, 15) is 0 Å². The highest BCUT2D eigenvalue weighted by molar-refractivity contribution is 7.99. The van der Waals surface area contributed by atoms with Gasteiger partial charge in [-0.05, 0) is 31.5 Å². The number of benzene rings is 1. The lowest BCUT2D eigenvalue weighted by Crippen LogP contribution is -2.01. The molecule has 0 aliphatic rings. The maximum atomic E-state index is 6.03. The molecule has 0 atom stereocenters. The first-order valence-electron chi connectivity index (χ1n) is 6.62. The quantitative estimate of drug-likeness (QED) is 0.565. The Bertz CT molecular complexity index is 541. The van der Waals surface area contributed by atoms with E-state index in [2.05, 4.69) is 16.5 Å². The summed E-state index contributed by atoms with van der Waals surface area (Å²) in [6.45, 7) is 6.70. The van der Waals surface area contributed by atoms with Gasteiger partial charge in [-0.15, -0.1) is 0 Å². The van der Waals surface area contributed by atoms with E-state index in [1.54, 1.807) is 11.8 Å². The average molecular weight is 299 g/mol. The van der Waals surface area contributed by atoms with Gasteiger partial charge in [-0.25, -0.2) is 4.98 Å². The van der Waals surface area contributed by atoms with E-state index < -0.39 is 0 Å². The molecule has 3 nitrogen and oxygen atoms in total. The standard InChI is InChI=1S/C14H19ClN2OS/c1-3-7-17-13-6-5-11(15)10-12(13)16-14(17)19-9-8-18-4-2/h5-6,10H,3-4,7-9H2,1-2H3. The molecule has 0 amide bonds. The van der Waals surface area contributed by atoms with Crippen molar-refractivity contribution in [3.8, 4) is 0 Å². The lowest BCUT2D eigenvalue weighted by atomic mass is 10.3. The van der Waals surface area contributed by atoms with E-state index in [1.165, 1.54) is 0 Å². The van der Waals surface area contributed by atoms with Crippen LogP contribution in [0.5, 0.6) is 0 Å². The molecule has 1 aromatic heterocycles. The molecule has 0 N–H and O–H groups in total. The SMILES string of the molecule is CCCn1c(SCCOCC)nc2cc(Cl)ccc21. The fraction of sp³-hybridized carbons (Fsp3) is 0.500. The second kappa shape index (κ2) is 7.17. The zero-order valence-electron chi connectivity index (χ0n) is 11.4. The second-order valence-corrected chi connectivity index (χ2v) is 5.72. The molecule has 0 bridgehead atoms. The van der Waals surface area contributed by atoms with Crippen LogP contribution in [0.15, 0.2) is 23.4 Å². The highest BCUT2D eigenvalue weighted by Crippen LogP contribution is 2.26. The van der Waals surface area contributed by atoms with Gasteiger partial charge in [0, 0.05) is 23.9 Å². The third-order valence-corrected chi connectivity index (χ3v) is 3.96. The summed E-state index contributed by atoms with van der Waals surface area (Å²) >= 11 is 7.77. The number of rotatable bonds is 7. The highest BCUT2D eigenvalue weighted by atomic mass is 35.5. The lowest BCUT2D eigenvalue weighted by molar-refractivity contribution is 0.164. The van der Waals surface area contributed by atoms with Crippen LogP contribution in [-0.4, -0.2) is 28.5 Å². The van der Waals surface area contributed by atoms with Gasteiger partial charge in [0.05, 0.1) is 17.6 Å². The van der Waals surface area contributed by atoms with Crippen molar-refractivity contribution in [1.82, 2.24) is 9.55 Å². The van der Waals surface area contributed by atoms with Crippen molar-refractivity contribution in [3.63, 3.8) is 0 Å². The Morgan fingerprint density at radius 2 is 2.21 bits per heavy atom. The zero-order chi connectivity index (χ0) is 13.7. The summed E-state index contributed by atoms with van der Waals surface area (Å²) in [4.78, 5) is 4.68. The Labute approximate surface area is 123 Å². The summed E-state index contributed by atoms with van der Waals surface area (Å²) in [5.74, 6) is 0.925. The van der Waals surface area contributed by atoms with E-state index in [1.807, 2.05) is 25.1 Å². The molecule has 0 radical (unpaired) electrons. The third-order valence-electron chi connectivity index (χ3n) is 2.79. The molecule has 5 heteroatoms. The summed E-state index contributed by atoms with van der Waals surface area (Å²) in [6.07, 6.45) is 1.09. The largest absolute Gasteiger partial charge is 0.381 e. The average Bonchev–Trinajstić information content (AvgIpc) is 2.73. The molecule has 0 aliphatic heterocycles. The Morgan fingerprint density at radius 3 is 2.95 bits per heavy atom. The number of aromatic nitrogens is 2. The number of nitrogens with zero attached hydrogens (tertiary/aromatic N) is 2. The predicted octanol–water partition coefficient (Wildman–Crippen LogP) is 4.23. The number of hydrogen-bond acceptors (Lipinski definition) is 3. The van der Waals surface area contributed by atoms with E-state index >= 15 is 0 Å². The molecule has 2 aromatic rings. The predicted molar refractivity (Wildman–Crippen MR) is 82.3 cm³/mol. The van der Waals surface area contributed by atoms with E-state index in [4.69, 9.17) is 16.3 Å². The van der Waals surface area contributed by atoms with Gasteiger partial charge in [0.15, 0.2) is 5.16 Å². The van der Waals surface area contributed by atoms with Crippen LogP contribution in [0.2, 0.25) is 5.02 Å². The summed E-state index contributed by atoms with van der Waals surface area (Å²) < 4.78 is 7.64. The number of aryl methyl sites for hydroxylation is 1. The topological polar surface area (TPSA) is 27.1 Å². The number of thioether (sulfide) groups is 1. The number of ether oxygens (including phenoxy) is 1. The molecule has 0 aliphatic carbocycles. The van der Waals surface area contributed by atoms with Crippen LogP contribution in [0, 0.1) is 0 Å². The Kier molecular flexibility index (Phi) is 5.55. The molecule has 0 spiro atoms. The smallest absolute Gasteiger partial charge is 0.169 e. The molecule has 0 unspecified atom stereocenters. The molecule has 104 valence electrons. The van der Waals surface area contributed by atoms with Crippen LogP contribution >= 0.6 is 23.4 Å². The zero-order valence-corrected chi connectivity index (χ0v) is 12.9. The van der Waals surface area contributed by atoms with Crippen molar-refractivity contribution in [2.75, 3.05) is 19.0 Å². The van der Waals surface area contributed by atoms with Crippen molar-refractivity contribution in [2.45, 2.75) is 32.0 Å². The van der Waals surface area contributed by atoms with Crippen LogP contribution in [0.1, 0.15) is 20.3 Å². The molecule has 0 fully saturated rings. The molecule has 1 aromatic carbocycles. The first kappa shape index (κ1) is 14.7. The molecule has 19 heavy (non-hydrogen) atoms. The maximum Gasteiger partial charge on any atom is 0.169 e. The van der Waals surface area contributed by atoms with E-state index in [0.29, 0.717) is 0 Å². The third kappa shape index (κ3) is 3.65. The molecule has 2 rings (SSSR count). The van der Waals surface area contributed by atoms with E-state index in [-0.39, 0.29) is 0 Å². The minimum Gasteiger partial charge on any atom is -0.381 e. The monoisotopic (exact) mass is 298 g/mol. The number of hydrogen-bond donors (Lipinski definition) is 0.